The van der Waals surface area contributed by atoms with Crippen LogP contribution < -0.4 is 27.3 Å². The van der Waals surface area contributed by atoms with Crippen LogP contribution in [0.25, 0.3) is 0 Å². The van der Waals surface area contributed by atoms with Crippen molar-refractivity contribution in [2.45, 2.75) is 95.0 Å². The van der Waals surface area contributed by atoms with Crippen molar-refractivity contribution in [2.24, 2.45) is 27.5 Å². The number of amidine groups is 1. The molecule has 1 aromatic carbocycles. The Bertz CT molecular complexity index is 1870. The largest absolute Gasteiger partial charge is 0.485 e. The molecule has 1 saturated carbocycles. The molecule has 1 saturated heterocycles. The maximum Gasteiger partial charge on any atom is 0.418 e. The first-order valence-corrected chi connectivity index (χ1v) is 18.4. The molecule has 2 amide bonds. The van der Waals surface area contributed by atoms with Crippen LogP contribution in [0, 0.1) is 5.92 Å². The number of rotatable bonds is 12. The minimum absolute atomic E-state index is 0.0599. The Hall–Kier alpha value is -4.37. The van der Waals surface area contributed by atoms with Crippen molar-refractivity contribution in [3.63, 3.8) is 0 Å². The number of carbonyl (C=O) groups excluding carboxylic acids is 2. The lowest BCUT2D eigenvalue weighted by Gasteiger charge is -2.50. The van der Waals surface area contributed by atoms with E-state index in [-0.39, 0.29) is 22.8 Å². The van der Waals surface area contributed by atoms with Gasteiger partial charge in [0.1, 0.15) is 23.3 Å². The number of thiazole rings is 1. The van der Waals surface area contributed by atoms with Crippen LogP contribution in [0.5, 0.6) is 5.75 Å². The molecule has 18 nitrogen and oxygen atoms in total. The Labute approximate surface area is 298 Å². The zero-order valence-corrected chi connectivity index (χ0v) is 30.1. The van der Waals surface area contributed by atoms with Gasteiger partial charge in [0.15, 0.2) is 16.9 Å². The fraction of sp³-hybridized carbons (Fsp3) is 0.548. The van der Waals surface area contributed by atoms with Crippen LogP contribution in [-0.4, -0.2) is 92.8 Å². The topological polar surface area (TPSA) is 284 Å². The first-order chi connectivity index (χ1) is 23.7. The molecular formula is C31H42N8O10S2. The van der Waals surface area contributed by atoms with Crippen LogP contribution in [-0.2, 0) is 40.3 Å². The first-order valence-electron chi connectivity index (χ1n) is 16.1. The molecule has 0 unspecified atom stereocenters. The number of ether oxygens (including phenoxy) is 1. The molecule has 2 fully saturated rings. The minimum Gasteiger partial charge on any atom is -0.485 e. The fourth-order valence-corrected chi connectivity index (χ4v) is 7.17. The molecule has 20 heteroatoms. The Kier molecular flexibility index (Phi) is 10.4. The Morgan fingerprint density at radius 1 is 1.24 bits per heavy atom. The molecule has 1 aromatic heterocycles. The van der Waals surface area contributed by atoms with E-state index in [0.717, 1.165) is 48.1 Å². The van der Waals surface area contributed by atoms with Gasteiger partial charge in [0.25, 0.3) is 17.4 Å². The number of amides is 2. The van der Waals surface area contributed by atoms with E-state index in [0.29, 0.717) is 35.5 Å². The highest BCUT2D eigenvalue weighted by molar-refractivity contribution is 7.80. The number of oxime groups is 1. The lowest BCUT2D eigenvalue weighted by molar-refractivity contribution is -0.218. The van der Waals surface area contributed by atoms with Crippen molar-refractivity contribution in [3.05, 3.63) is 40.4 Å². The highest BCUT2D eigenvalue weighted by Crippen LogP contribution is 2.36. The number of aryl methyl sites for hydroxylation is 1. The Balaban J connectivity index is 1.31. The van der Waals surface area contributed by atoms with Gasteiger partial charge in [0.2, 0.25) is 0 Å². The van der Waals surface area contributed by atoms with Crippen LogP contribution in [0.2, 0.25) is 0 Å². The predicted molar refractivity (Wildman–Crippen MR) is 185 cm³/mol. The van der Waals surface area contributed by atoms with Gasteiger partial charge in [-0.25, -0.2) is 9.78 Å². The van der Waals surface area contributed by atoms with E-state index in [4.69, 9.17) is 31.3 Å². The van der Waals surface area contributed by atoms with Crippen LogP contribution in [0.3, 0.4) is 0 Å². The number of hydrogen-bond donors (Lipinski definition) is 6. The molecular weight excluding hydrogens is 709 g/mol. The van der Waals surface area contributed by atoms with E-state index in [1.54, 1.807) is 12.1 Å². The number of nitrogens with two attached hydrogens (primary N) is 3. The molecule has 51 heavy (non-hydrogen) atoms. The van der Waals surface area contributed by atoms with Gasteiger partial charge in [0, 0.05) is 23.0 Å². The molecule has 3 aliphatic rings. The molecule has 3 heterocycles. The number of β-lactam (4-membered cyclic amide) rings is 1. The van der Waals surface area contributed by atoms with E-state index in [1.165, 1.54) is 26.2 Å². The second-order valence-corrected chi connectivity index (χ2v) is 15.9. The summed E-state index contributed by atoms with van der Waals surface area (Å²) in [7, 11) is -5.03. The molecule has 0 radical (unpaired) electrons. The zero-order valence-electron chi connectivity index (χ0n) is 28.5. The number of hydroxylamine groups is 2. The molecule has 3 atom stereocenters. The third-order valence-electron chi connectivity index (χ3n) is 9.54. The van der Waals surface area contributed by atoms with Crippen molar-refractivity contribution in [1.82, 2.24) is 15.4 Å². The molecule has 278 valence electrons. The van der Waals surface area contributed by atoms with Crippen molar-refractivity contribution in [3.8, 4) is 5.75 Å². The maximum absolute atomic E-state index is 13.5. The SMILES string of the molecule is CC1(N)CCC(CN=C(N)c2ccc3c(c2)CC[C@H]([C@](C)(O/N=C(\C(=O)N[C@@H]2C(=O)N(OS(=O)(=O)O)C2(C)C)c2csc(N)n2)C(=O)O)O3)CC1. The Morgan fingerprint density at radius 2 is 1.92 bits per heavy atom. The van der Waals surface area contributed by atoms with Gasteiger partial charge in [-0.05, 0) is 95.9 Å². The van der Waals surface area contributed by atoms with E-state index in [1.807, 2.05) is 6.07 Å². The van der Waals surface area contributed by atoms with Crippen molar-refractivity contribution >= 4 is 56.2 Å². The van der Waals surface area contributed by atoms with Crippen molar-refractivity contribution in [2.75, 3.05) is 12.3 Å². The number of anilines is 1. The molecule has 5 rings (SSSR count). The number of aliphatic imine (C=N–C) groups is 1. The van der Waals surface area contributed by atoms with E-state index < -0.39 is 57.2 Å². The summed E-state index contributed by atoms with van der Waals surface area (Å²) >= 11 is 0.967. The molecule has 0 spiro atoms. The summed E-state index contributed by atoms with van der Waals surface area (Å²) in [5.74, 6) is -2.21. The quantitative estimate of drug-likeness (QED) is 0.0583. The lowest BCUT2D eigenvalue weighted by atomic mass is 9.78. The van der Waals surface area contributed by atoms with Gasteiger partial charge < -0.3 is 37.2 Å². The third kappa shape index (κ3) is 8.25. The van der Waals surface area contributed by atoms with E-state index in [9.17, 15) is 27.9 Å². The molecule has 0 bridgehead atoms. The highest BCUT2D eigenvalue weighted by Gasteiger charge is 2.58. The number of nitrogens with one attached hydrogen (secondary N) is 1. The van der Waals surface area contributed by atoms with Crippen LogP contribution in [0.15, 0.2) is 33.7 Å². The highest BCUT2D eigenvalue weighted by atomic mass is 32.3. The average Bonchev–Trinajstić information content (AvgIpc) is 3.49. The summed E-state index contributed by atoms with van der Waals surface area (Å²) < 4.78 is 41.8. The third-order valence-corrected chi connectivity index (χ3v) is 10.5. The van der Waals surface area contributed by atoms with Gasteiger partial charge in [0.05, 0.1) is 5.54 Å². The second-order valence-electron chi connectivity index (χ2n) is 14.0. The summed E-state index contributed by atoms with van der Waals surface area (Å²) in [5, 5.41) is 18.4. The number of benzene rings is 1. The van der Waals surface area contributed by atoms with Crippen LogP contribution in [0.1, 0.15) is 76.6 Å². The number of hydrogen-bond acceptors (Lipinski definition) is 14. The summed E-state index contributed by atoms with van der Waals surface area (Å²) in [5.41, 5.74) is 15.6. The smallest absolute Gasteiger partial charge is 0.418 e. The minimum atomic E-state index is -5.03. The number of aromatic nitrogens is 1. The van der Waals surface area contributed by atoms with Gasteiger partial charge in [-0.15, -0.1) is 15.6 Å². The van der Waals surface area contributed by atoms with Gasteiger partial charge in [-0.3, -0.25) is 19.1 Å². The molecule has 2 aromatic rings. The normalized spacial score (nSPS) is 26.3. The number of nitrogen functional groups attached to an aromatic ring is 1. The number of carboxylic acids is 1. The van der Waals surface area contributed by atoms with Crippen LogP contribution >= 0.6 is 11.3 Å². The number of nitrogens with zero attached hydrogens (tertiary/aromatic N) is 4. The molecule has 2 aliphatic heterocycles. The van der Waals surface area contributed by atoms with Gasteiger partial charge in [-0.1, -0.05) is 5.16 Å². The van der Waals surface area contributed by atoms with Crippen LogP contribution in [0.4, 0.5) is 5.13 Å². The number of carboxylic acid groups (broad SMARTS) is 1. The average molecular weight is 751 g/mol. The monoisotopic (exact) mass is 750 g/mol. The summed E-state index contributed by atoms with van der Waals surface area (Å²) in [6.07, 6.45) is 3.42. The lowest BCUT2D eigenvalue weighted by Crippen LogP contribution is -2.76. The Morgan fingerprint density at radius 3 is 2.51 bits per heavy atom. The summed E-state index contributed by atoms with van der Waals surface area (Å²) in [4.78, 5) is 53.1. The standard InChI is InChI=1S/C31H42N8O10S2/c1-29(2)23(26(41)39(29)49-51(44,45)46)37-25(40)22(19-15-50-28(33)36-19)38-48-31(4,27(42)43)21-8-6-17-13-18(5-7-20(17)47-21)24(32)35-14-16-9-11-30(3,34)12-10-16/h5,7,13,15-16,21,23H,6,8-12,14,34H2,1-4H3,(H2,32,35)(H2,33,36)(H,37,40)(H,42,43)(H,44,45,46)/b38-22-/t16?,21-,23-,30?,31+/m1/s1. The first kappa shape index (κ1) is 37.9. The molecule has 9 N–H and O–H groups in total. The van der Waals surface area contributed by atoms with E-state index in [2.05, 4.69) is 31.7 Å². The van der Waals surface area contributed by atoms with Gasteiger partial charge in [-0.2, -0.15) is 13.5 Å². The van der Waals surface area contributed by atoms with Crippen molar-refractivity contribution < 1.29 is 46.3 Å². The van der Waals surface area contributed by atoms with Gasteiger partial charge >= 0.3 is 16.4 Å². The van der Waals surface area contributed by atoms with E-state index >= 15 is 0 Å². The predicted octanol–water partition coefficient (Wildman–Crippen LogP) is 1.14. The second kappa shape index (κ2) is 14.0. The van der Waals surface area contributed by atoms with Crippen molar-refractivity contribution in [1.29, 1.82) is 0 Å². The zero-order chi connectivity index (χ0) is 37.5. The maximum atomic E-state index is 13.5. The fourth-order valence-electron chi connectivity index (χ4n) is 6.17. The summed E-state index contributed by atoms with van der Waals surface area (Å²) in [6, 6.07) is 3.96. The summed E-state index contributed by atoms with van der Waals surface area (Å²) in [6.45, 7) is 6.67. The number of fused-ring (bicyclic) bond motifs is 1. The number of aliphatic carboxylic acids is 1. The number of carbonyl (C=O) groups is 3. The molecule has 1 aliphatic carbocycles.